The summed E-state index contributed by atoms with van der Waals surface area (Å²) in [4.78, 5) is 33.6. The van der Waals surface area contributed by atoms with Gasteiger partial charge in [-0.25, -0.2) is 9.59 Å². The molecular formula is C12H11NO6. The summed E-state index contributed by atoms with van der Waals surface area (Å²) in [6.45, 7) is 0. The number of rotatable bonds is 4. The molecule has 1 aromatic carbocycles. The summed E-state index contributed by atoms with van der Waals surface area (Å²) in [5, 5.41) is 19.6. The summed E-state index contributed by atoms with van der Waals surface area (Å²) < 4.78 is 4.42. The van der Waals surface area contributed by atoms with Gasteiger partial charge < -0.3 is 20.7 Å². The lowest BCUT2D eigenvalue weighted by Crippen LogP contribution is -2.26. The minimum atomic E-state index is -1.51. The quantitative estimate of drug-likeness (QED) is 0.486. The number of carbonyl (C=O) groups excluding carboxylic acids is 3. The van der Waals surface area contributed by atoms with E-state index in [4.69, 9.17) is 5.73 Å². The van der Waals surface area contributed by atoms with Crippen LogP contribution < -0.4 is 5.73 Å². The normalized spacial score (nSPS) is 16.7. The van der Waals surface area contributed by atoms with Gasteiger partial charge in [-0.05, 0) is 11.6 Å². The zero-order valence-corrected chi connectivity index (χ0v) is 9.70. The number of aliphatic hydroxyl groups is 2. The molecule has 0 bridgehead atoms. The van der Waals surface area contributed by atoms with Crippen LogP contribution >= 0.6 is 0 Å². The van der Waals surface area contributed by atoms with Crippen LogP contribution in [0.5, 0.6) is 0 Å². The van der Waals surface area contributed by atoms with E-state index in [1.165, 1.54) is 18.2 Å². The molecule has 2 unspecified atom stereocenters. The van der Waals surface area contributed by atoms with Crippen LogP contribution in [-0.2, 0) is 9.53 Å². The Labute approximate surface area is 107 Å². The topological polar surface area (TPSA) is 127 Å². The maximum atomic E-state index is 11.5. The van der Waals surface area contributed by atoms with Crippen LogP contribution in [-0.4, -0.2) is 34.2 Å². The van der Waals surface area contributed by atoms with Gasteiger partial charge in [0.15, 0.2) is 0 Å². The van der Waals surface area contributed by atoms with Gasteiger partial charge in [0.05, 0.1) is 23.7 Å². The lowest BCUT2D eigenvalue weighted by Gasteiger charge is -2.18. The Morgan fingerprint density at radius 1 is 1.26 bits per heavy atom. The van der Waals surface area contributed by atoms with Crippen molar-refractivity contribution in [1.29, 1.82) is 0 Å². The highest BCUT2D eigenvalue weighted by Gasteiger charge is 2.35. The second kappa shape index (κ2) is 4.79. The number of nitrogens with two attached hydrogens (primary N) is 1. The first-order valence-corrected chi connectivity index (χ1v) is 5.45. The van der Waals surface area contributed by atoms with Crippen molar-refractivity contribution in [3.05, 3.63) is 34.9 Å². The molecular weight excluding hydrogens is 254 g/mol. The third-order valence-corrected chi connectivity index (χ3v) is 2.80. The monoisotopic (exact) mass is 265 g/mol. The average Bonchev–Trinajstić information content (AvgIpc) is 2.63. The molecule has 2 atom stereocenters. The highest BCUT2D eigenvalue weighted by atomic mass is 16.6. The SMILES string of the molecule is NC(=O)CC(O)C(O)c1cccc2c1C(=O)OC2=O. The number of cyclic esters (lactones) is 2. The Morgan fingerprint density at radius 2 is 1.95 bits per heavy atom. The summed E-state index contributed by atoms with van der Waals surface area (Å²) in [5.74, 6) is -2.49. The minimum absolute atomic E-state index is 0.0211. The van der Waals surface area contributed by atoms with E-state index in [1.807, 2.05) is 0 Å². The summed E-state index contributed by atoms with van der Waals surface area (Å²) in [7, 11) is 0. The molecule has 4 N–H and O–H groups in total. The van der Waals surface area contributed by atoms with Crippen LogP contribution in [0.2, 0.25) is 0 Å². The zero-order valence-electron chi connectivity index (χ0n) is 9.70. The van der Waals surface area contributed by atoms with E-state index in [1.54, 1.807) is 0 Å². The number of primary amides is 1. The maximum Gasteiger partial charge on any atom is 0.347 e. The van der Waals surface area contributed by atoms with Crippen molar-refractivity contribution in [1.82, 2.24) is 0 Å². The van der Waals surface area contributed by atoms with E-state index in [0.717, 1.165) is 0 Å². The van der Waals surface area contributed by atoms with Gasteiger partial charge in [-0.15, -0.1) is 0 Å². The van der Waals surface area contributed by atoms with Crippen LogP contribution in [0.1, 0.15) is 38.8 Å². The predicted octanol–water partition coefficient (Wildman–Crippen LogP) is -0.733. The molecule has 7 nitrogen and oxygen atoms in total. The van der Waals surface area contributed by atoms with Gasteiger partial charge in [-0.1, -0.05) is 12.1 Å². The summed E-state index contributed by atoms with van der Waals surface area (Å²) in [6, 6.07) is 4.18. The lowest BCUT2D eigenvalue weighted by molar-refractivity contribution is -0.121. The summed E-state index contributed by atoms with van der Waals surface area (Å²) in [5.41, 5.74) is 4.87. The Kier molecular flexibility index (Phi) is 3.32. The van der Waals surface area contributed by atoms with E-state index >= 15 is 0 Å². The molecule has 0 aromatic heterocycles. The number of esters is 2. The number of fused-ring (bicyclic) bond motifs is 1. The van der Waals surface area contributed by atoms with Crippen molar-refractivity contribution in [2.75, 3.05) is 0 Å². The molecule has 1 aromatic rings. The van der Waals surface area contributed by atoms with Gasteiger partial charge in [-0.2, -0.15) is 0 Å². The highest BCUT2D eigenvalue weighted by molar-refractivity contribution is 6.15. The molecule has 0 aliphatic carbocycles. The fraction of sp³-hybridized carbons (Fsp3) is 0.250. The van der Waals surface area contributed by atoms with Crippen molar-refractivity contribution < 1.29 is 29.3 Å². The van der Waals surface area contributed by atoms with Gasteiger partial charge in [0.25, 0.3) is 0 Å². The van der Waals surface area contributed by atoms with E-state index < -0.39 is 36.5 Å². The minimum Gasteiger partial charge on any atom is -0.390 e. The van der Waals surface area contributed by atoms with Gasteiger partial charge in [0, 0.05) is 0 Å². The first-order valence-electron chi connectivity index (χ1n) is 5.45. The van der Waals surface area contributed by atoms with Crippen molar-refractivity contribution >= 4 is 17.8 Å². The maximum absolute atomic E-state index is 11.5. The molecule has 0 saturated heterocycles. The van der Waals surface area contributed by atoms with Crippen LogP contribution in [0.4, 0.5) is 0 Å². The molecule has 7 heteroatoms. The summed E-state index contributed by atoms with van der Waals surface area (Å²) >= 11 is 0. The average molecular weight is 265 g/mol. The van der Waals surface area contributed by atoms with Gasteiger partial charge >= 0.3 is 11.9 Å². The van der Waals surface area contributed by atoms with Gasteiger partial charge in [0.1, 0.15) is 6.10 Å². The molecule has 1 aliphatic rings. The Bertz CT molecular complexity index is 567. The fourth-order valence-corrected chi connectivity index (χ4v) is 1.93. The third kappa shape index (κ3) is 2.33. The molecule has 0 radical (unpaired) electrons. The first kappa shape index (κ1) is 13.2. The van der Waals surface area contributed by atoms with Gasteiger partial charge in [0.2, 0.25) is 5.91 Å². The Balaban J connectivity index is 2.39. The molecule has 2 rings (SSSR count). The number of amides is 1. The number of carbonyl (C=O) groups is 3. The largest absolute Gasteiger partial charge is 0.390 e. The van der Waals surface area contributed by atoms with E-state index in [0.29, 0.717) is 0 Å². The molecule has 19 heavy (non-hydrogen) atoms. The van der Waals surface area contributed by atoms with Crippen LogP contribution in [0.15, 0.2) is 18.2 Å². The molecule has 100 valence electrons. The number of hydrogen-bond donors (Lipinski definition) is 3. The number of aliphatic hydroxyl groups excluding tert-OH is 2. The van der Waals surface area contributed by atoms with Crippen LogP contribution in [0.25, 0.3) is 0 Å². The molecule has 0 fully saturated rings. The lowest BCUT2D eigenvalue weighted by atomic mass is 9.94. The van der Waals surface area contributed by atoms with Crippen molar-refractivity contribution in [2.45, 2.75) is 18.6 Å². The van der Waals surface area contributed by atoms with Crippen LogP contribution in [0.3, 0.4) is 0 Å². The summed E-state index contributed by atoms with van der Waals surface area (Å²) in [6.07, 6.45) is -3.44. The smallest absolute Gasteiger partial charge is 0.347 e. The predicted molar refractivity (Wildman–Crippen MR) is 61.0 cm³/mol. The zero-order chi connectivity index (χ0) is 14.2. The Morgan fingerprint density at radius 3 is 2.58 bits per heavy atom. The second-order valence-corrected chi connectivity index (χ2v) is 4.13. The first-order chi connectivity index (χ1) is 8.91. The van der Waals surface area contributed by atoms with Gasteiger partial charge in [-0.3, -0.25) is 4.79 Å². The molecule has 1 aliphatic heterocycles. The number of hydrogen-bond acceptors (Lipinski definition) is 6. The molecule has 0 spiro atoms. The third-order valence-electron chi connectivity index (χ3n) is 2.80. The Hall–Kier alpha value is -2.25. The van der Waals surface area contributed by atoms with E-state index in [2.05, 4.69) is 4.74 Å². The van der Waals surface area contributed by atoms with E-state index in [-0.39, 0.29) is 16.7 Å². The molecule has 0 saturated carbocycles. The highest BCUT2D eigenvalue weighted by Crippen LogP contribution is 2.29. The van der Waals surface area contributed by atoms with Crippen molar-refractivity contribution in [3.8, 4) is 0 Å². The number of benzene rings is 1. The molecule has 1 heterocycles. The molecule has 1 amide bonds. The van der Waals surface area contributed by atoms with Crippen molar-refractivity contribution in [2.24, 2.45) is 5.73 Å². The standard InChI is InChI=1S/C12H11NO6/c13-8(15)4-7(14)10(16)5-2-1-3-6-9(5)12(18)19-11(6)17/h1-3,7,10,14,16H,4H2,(H2,13,15). The number of ether oxygens (including phenoxy) is 1. The second-order valence-electron chi connectivity index (χ2n) is 4.13. The fourth-order valence-electron chi connectivity index (χ4n) is 1.93. The van der Waals surface area contributed by atoms with Crippen molar-refractivity contribution in [3.63, 3.8) is 0 Å². The van der Waals surface area contributed by atoms with Crippen LogP contribution in [0, 0.1) is 0 Å². The van der Waals surface area contributed by atoms with E-state index in [9.17, 15) is 24.6 Å².